The Morgan fingerprint density at radius 2 is 1.95 bits per heavy atom. The summed E-state index contributed by atoms with van der Waals surface area (Å²) < 4.78 is 0. The zero-order chi connectivity index (χ0) is 13.2. The summed E-state index contributed by atoms with van der Waals surface area (Å²) in [6.45, 7) is 7.43. The highest BCUT2D eigenvalue weighted by Gasteiger charge is 2.25. The smallest absolute Gasteiger partial charge is 0.257 e. The van der Waals surface area contributed by atoms with Crippen molar-refractivity contribution < 1.29 is 4.79 Å². The molecule has 1 fully saturated rings. The Morgan fingerprint density at radius 1 is 1.21 bits per heavy atom. The molecule has 1 saturated heterocycles. The average molecular weight is 257 g/mol. The number of nitrogens with one attached hydrogen (secondary N) is 1. The van der Waals surface area contributed by atoms with E-state index in [1.807, 2.05) is 30.5 Å². The summed E-state index contributed by atoms with van der Waals surface area (Å²) in [5.74, 6) is 0.0131. The number of anilines is 1. The third-order valence-corrected chi connectivity index (χ3v) is 3.88. The molecule has 4 nitrogen and oxygen atoms in total. The van der Waals surface area contributed by atoms with Crippen LogP contribution in [0, 0.1) is 0 Å². The summed E-state index contributed by atoms with van der Waals surface area (Å²) in [6.07, 6.45) is 2.02. The Hall–Kier alpha value is -1.81. The van der Waals surface area contributed by atoms with Crippen molar-refractivity contribution in [2.24, 2.45) is 0 Å². The molecule has 19 heavy (non-hydrogen) atoms. The summed E-state index contributed by atoms with van der Waals surface area (Å²) in [4.78, 5) is 16.7. The molecule has 0 aromatic heterocycles. The van der Waals surface area contributed by atoms with Gasteiger partial charge in [-0.2, -0.15) is 0 Å². The van der Waals surface area contributed by atoms with E-state index in [0.29, 0.717) is 0 Å². The molecule has 1 N–H and O–H groups in total. The van der Waals surface area contributed by atoms with Crippen molar-refractivity contribution in [3.8, 4) is 0 Å². The molecule has 1 amide bonds. The van der Waals surface area contributed by atoms with E-state index in [1.54, 1.807) is 0 Å². The van der Waals surface area contributed by atoms with Crippen molar-refractivity contribution in [1.82, 2.24) is 9.80 Å². The number of piperazine rings is 1. The molecule has 2 aliphatic heterocycles. The minimum Gasteiger partial charge on any atom is -0.374 e. The number of hydrogen-bond acceptors (Lipinski definition) is 3. The minimum atomic E-state index is 0.0131. The number of benzene rings is 1. The normalized spacial score (nSPS) is 21.6. The van der Waals surface area contributed by atoms with E-state index in [1.165, 1.54) is 0 Å². The number of nitrogens with zero attached hydrogens (tertiary/aromatic N) is 2. The Labute approximate surface area is 113 Å². The Balaban J connectivity index is 1.79. The molecule has 1 aromatic rings. The molecule has 2 heterocycles. The van der Waals surface area contributed by atoms with Crippen LogP contribution in [0.3, 0.4) is 0 Å². The number of para-hydroxylation sites is 1. The van der Waals surface area contributed by atoms with Gasteiger partial charge in [0.15, 0.2) is 0 Å². The van der Waals surface area contributed by atoms with Gasteiger partial charge in [-0.1, -0.05) is 25.1 Å². The predicted octanol–water partition coefficient (Wildman–Crippen LogP) is 1.62. The van der Waals surface area contributed by atoms with Gasteiger partial charge >= 0.3 is 0 Å². The maximum absolute atomic E-state index is 12.0. The highest BCUT2D eigenvalue weighted by molar-refractivity contribution is 6.31. The van der Waals surface area contributed by atoms with E-state index < -0.39 is 0 Å². The lowest BCUT2D eigenvalue weighted by Crippen LogP contribution is -2.43. The molecule has 2 aliphatic rings. The van der Waals surface area contributed by atoms with Crippen LogP contribution in [0.5, 0.6) is 0 Å². The van der Waals surface area contributed by atoms with Crippen LogP contribution in [0.25, 0.3) is 5.57 Å². The second-order valence-electron chi connectivity index (χ2n) is 5.01. The first-order chi connectivity index (χ1) is 9.28. The van der Waals surface area contributed by atoms with Crippen LogP contribution in [0.1, 0.15) is 12.5 Å². The summed E-state index contributed by atoms with van der Waals surface area (Å²) in [5, 5.41) is 2.91. The fourth-order valence-corrected chi connectivity index (χ4v) is 2.66. The molecule has 1 aromatic carbocycles. The number of carbonyl (C=O) groups excluding carboxylic acids is 1. The second-order valence-corrected chi connectivity index (χ2v) is 5.01. The van der Waals surface area contributed by atoms with Crippen LogP contribution < -0.4 is 5.32 Å². The van der Waals surface area contributed by atoms with Crippen LogP contribution in [0.4, 0.5) is 5.69 Å². The Morgan fingerprint density at radius 3 is 2.68 bits per heavy atom. The van der Waals surface area contributed by atoms with Gasteiger partial charge in [-0.05, 0) is 12.6 Å². The lowest BCUT2D eigenvalue weighted by Gasteiger charge is -2.33. The molecule has 3 rings (SSSR count). The summed E-state index contributed by atoms with van der Waals surface area (Å²) >= 11 is 0. The van der Waals surface area contributed by atoms with Crippen molar-refractivity contribution in [2.75, 3.05) is 38.0 Å². The third-order valence-electron chi connectivity index (χ3n) is 3.88. The molecule has 0 saturated carbocycles. The number of fused-ring (bicyclic) bond motifs is 1. The van der Waals surface area contributed by atoms with Gasteiger partial charge in [0.25, 0.3) is 5.91 Å². The topological polar surface area (TPSA) is 35.6 Å². The van der Waals surface area contributed by atoms with Crippen molar-refractivity contribution >= 4 is 17.2 Å². The SMILES string of the molecule is CCN1CCN(/C=C2/C(=O)Nc3ccccc32)CC1. The van der Waals surface area contributed by atoms with Crippen LogP contribution >= 0.6 is 0 Å². The second kappa shape index (κ2) is 5.05. The monoisotopic (exact) mass is 257 g/mol. The molecule has 0 radical (unpaired) electrons. The molecule has 0 spiro atoms. The number of likely N-dealkylation sites (N-methyl/N-ethyl adjacent to an activating group) is 1. The molecular weight excluding hydrogens is 238 g/mol. The van der Waals surface area contributed by atoms with E-state index in [9.17, 15) is 4.79 Å². The number of carbonyl (C=O) groups is 1. The van der Waals surface area contributed by atoms with Gasteiger partial charge < -0.3 is 15.1 Å². The first-order valence-corrected chi connectivity index (χ1v) is 6.87. The fraction of sp³-hybridized carbons (Fsp3) is 0.400. The lowest BCUT2D eigenvalue weighted by molar-refractivity contribution is -0.110. The zero-order valence-electron chi connectivity index (χ0n) is 11.2. The average Bonchev–Trinajstić information content (AvgIpc) is 2.76. The predicted molar refractivity (Wildman–Crippen MR) is 76.7 cm³/mol. The molecule has 0 atom stereocenters. The van der Waals surface area contributed by atoms with Gasteiger partial charge in [-0.3, -0.25) is 4.79 Å². The molecule has 0 aliphatic carbocycles. The van der Waals surface area contributed by atoms with E-state index in [-0.39, 0.29) is 5.91 Å². The molecule has 100 valence electrons. The van der Waals surface area contributed by atoms with E-state index in [0.717, 1.165) is 49.5 Å². The standard InChI is InChI=1S/C15H19N3O/c1-2-17-7-9-18(10-8-17)11-13-12-5-3-4-6-14(12)16-15(13)19/h3-6,11H,2,7-10H2,1H3,(H,16,19)/b13-11+. The maximum atomic E-state index is 12.0. The van der Waals surface area contributed by atoms with Crippen LogP contribution in [-0.2, 0) is 4.79 Å². The van der Waals surface area contributed by atoms with Gasteiger partial charge in [0.1, 0.15) is 0 Å². The van der Waals surface area contributed by atoms with Gasteiger partial charge in [0.2, 0.25) is 0 Å². The number of amides is 1. The van der Waals surface area contributed by atoms with E-state index in [2.05, 4.69) is 22.0 Å². The van der Waals surface area contributed by atoms with E-state index in [4.69, 9.17) is 0 Å². The molecule has 0 unspecified atom stereocenters. The summed E-state index contributed by atoms with van der Waals surface area (Å²) in [7, 11) is 0. The maximum Gasteiger partial charge on any atom is 0.257 e. The van der Waals surface area contributed by atoms with Gasteiger partial charge in [0.05, 0.1) is 5.57 Å². The van der Waals surface area contributed by atoms with Crippen LogP contribution in [0.2, 0.25) is 0 Å². The number of hydrogen-bond donors (Lipinski definition) is 1. The van der Waals surface area contributed by atoms with Gasteiger partial charge in [-0.25, -0.2) is 0 Å². The number of rotatable bonds is 2. The largest absolute Gasteiger partial charge is 0.374 e. The van der Waals surface area contributed by atoms with Crippen LogP contribution in [0.15, 0.2) is 30.5 Å². The minimum absolute atomic E-state index is 0.0131. The Bertz CT molecular complexity index is 516. The summed E-state index contributed by atoms with van der Waals surface area (Å²) in [6, 6.07) is 7.87. The first kappa shape index (κ1) is 12.2. The van der Waals surface area contributed by atoms with Crippen molar-refractivity contribution in [3.63, 3.8) is 0 Å². The fourth-order valence-electron chi connectivity index (χ4n) is 2.66. The highest BCUT2D eigenvalue weighted by atomic mass is 16.2. The molecule has 4 heteroatoms. The summed E-state index contributed by atoms with van der Waals surface area (Å²) in [5.41, 5.74) is 2.73. The quantitative estimate of drug-likeness (QED) is 0.818. The highest BCUT2D eigenvalue weighted by Crippen LogP contribution is 2.31. The third kappa shape index (κ3) is 2.36. The Kier molecular flexibility index (Phi) is 3.25. The van der Waals surface area contributed by atoms with Crippen molar-refractivity contribution in [2.45, 2.75) is 6.92 Å². The van der Waals surface area contributed by atoms with Crippen LogP contribution in [-0.4, -0.2) is 48.4 Å². The van der Waals surface area contributed by atoms with Gasteiger partial charge in [-0.15, -0.1) is 0 Å². The first-order valence-electron chi connectivity index (χ1n) is 6.87. The molecule has 0 bridgehead atoms. The van der Waals surface area contributed by atoms with E-state index >= 15 is 0 Å². The van der Waals surface area contributed by atoms with Crippen molar-refractivity contribution in [3.05, 3.63) is 36.0 Å². The van der Waals surface area contributed by atoms with Gasteiger partial charge in [0, 0.05) is 43.6 Å². The zero-order valence-corrected chi connectivity index (χ0v) is 11.2. The lowest BCUT2D eigenvalue weighted by atomic mass is 10.1. The molecular formula is C15H19N3O. The van der Waals surface area contributed by atoms with Crippen molar-refractivity contribution in [1.29, 1.82) is 0 Å².